The zero-order valence-corrected chi connectivity index (χ0v) is 10.7. The third-order valence-corrected chi connectivity index (χ3v) is 3.03. The molecule has 0 aromatic rings. The molecule has 0 heterocycles. The molecule has 0 atom stereocenters. The van der Waals surface area contributed by atoms with Crippen molar-refractivity contribution in [2.24, 2.45) is 0 Å². The van der Waals surface area contributed by atoms with Crippen LogP contribution in [0.4, 0.5) is 4.79 Å². The minimum Gasteiger partial charge on any atom is -0.443 e. The molecule has 7 heteroatoms. The molecule has 1 fully saturated rings. The average Bonchev–Trinajstić information content (AvgIpc) is 2.81. The summed E-state index contributed by atoms with van der Waals surface area (Å²) in [6.07, 6.45) is 0.126. The maximum atomic E-state index is 11.7. The van der Waals surface area contributed by atoms with Crippen LogP contribution < -0.4 is 0 Å². The van der Waals surface area contributed by atoms with Crippen molar-refractivity contribution in [1.29, 1.82) is 0 Å². The molecule has 0 aliphatic heterocycles. The van der Waals surface area contributed by atoms with Crippen LogP contribution in [0.2, 0.25) is 0 Å². The summed E-state index contributed by atoms with van der Waals surface area (Å²) in [5.74, 6) is 0. The molecule has 0 radical (unpaired) electrons. The first-order valence-electron chi connectivity index (χ1n) is 4.94. The van der Waals surface area contributed by atoms with Crippen LogP contribution in [0.5, 0.6) is 0 Å². The minimum absolute atomic E-state index is 0.506. The summed E-state index contributed by atoms with van der Waals surface area (Å²) in [4.78, 5) is 11.7. The Morgan fingerprint density at radius 2 is 1.81 bits per heavy atom. The van der Waals surface area contributed by atoms with Gasteiger partial charge in [0.1, 0.15) is 5.60 Å². The van der Waals surface area contributed by atoms with Gasteiger partial charge in [0.2, 0.25) is 10.9 Å². The van der Waals surface area contributed by atoms with Crippen LogP contribution in [-0.2, 0) is 20.4 Å². The second-order valence-corrected chi connectivity index (χ2v) is 5.56. The third-order valence-electron chi connectivity index (χ3n) is 2.17. The summed E-state index contributed by atoms with van der Waals surface area (Å²) in [6.45, 7) is 5.02. The van der Waals surface area contributed by atoms with Crippen molar-refractivity contribution < 1.29 is 22.7 Å². The van der Waals surface area contributed by atoms with Crippen molar-refractivity contribution in [3.8, 4) is 0 Å². The lowest BCUT2D eigenvalue weighted by Crippen LogP contribution is -2.45. The summed E-state index contributed by atoms with van der Waals surface area (Å²) >= 11 is 0. The van der Waals surface area contributed by atoms with Gasteiger partial charge in [-0.3, -0.25) is 0 Å². The van der Waals surface area contributed by atoms with Crippen LogP contribution in [0.3, 0.4) is 0 Å². The lowest BCUT2D eigenvalue weighted by Gasteiger charge is -2.28. The molecular formula is C9H17NO5S. The van der Waals surface area contributed by atoms with E-state index in [1.807, 2.05) is 0 Å². The van der Waals surface area contributed by atoms with E-state index in [0.717, 1.165) is 0 Å². The number of ether oxygens (including phenoxy) is 2. The number of thiol groups is 1. The molecule has 1 saturated carbocycles. The highest BCUT2D eigenvalue weighted by Gasteiger charge is 2.54. The van der Waals surface area contributed by atoms with E-state index in [2.05, 4.69) is 0 Å². The van der Waals surface area contributed by atoms with E-state index in [0.29, 0.717) is 17.1 Å². The van der Waals surface area contributed by atoms with Gasteiger partial charge in [-0.25, -0.2) is 13.2 Å². The summed E-state index contributed by atoms with van der Waals surface area (Å²) in [5, 5.41) is 0. The van der Waals surface area contributed by atoms with E-state index in [9.17, 15) is 13.2 Å². The van der Waals surface area contributed by atoms with Crippen LogP contribution in [0.15, 0.2) is 0 Å². The molecule has 1 amide bonds. The van der Waals surface area contributed by atoms with Gasteiger partial charge >= 0.3 is 6.09 Å². The van der Waals surface area contributed by atoms with Gasteiger partial charge in [0.05, 0.1) is 0 Å². The van der Waals surface area contributed by atoms with Crippen molar-refractivity contribution in [3.63, 3.8) is 0 Å². The van der Waals surface area contributed by atoms with E-state index in [1.165, 1.54) is 7.11 Å². The van der Waals surface area contributed by atoms with Crippen LogP contribution >= 0.6 is 0 Å². The quantitative estimate of drug-likeness (QED) is 0.595. The number of carbonyl (C=O) groups is 1. The zero-order valence-electron chi connectivity index (χ0n) is 9.85. The third kappa shape index (κ3) is 2.85. The number of carbonyl (C=O) groups excluding carboxylic acids is 1. The summed E-state index contributed by atoms with van der Waals surface area (Å²) in [5.41, 5.74) is -1.75. The molecule has 0 N–H and O–H groups in total. The van der Waals surface area contributed by atoms with Gasteiger partial charge < -0.3 is 9.47 Å². The Labute approximate surface area is 96.6 Å². The van der Waals surface area contributed by atoms with Gasteiger partial charge in [0.15, 0.2) is 5.72 Å². The van der Waals surface area contributed by atoms with Crippen molar-refractivity contribution in [2.45, 2.75) is 44.9 Å². The van der Waals surface area contributed by atoms with E-state index in [-0.39, 0.29) is 0 Å². The Kier molecular flexibility index (Phi) is 3.49. The Bertz CT molecular complexity index is 345. The number of nitrogens with zero attached hydrogens (tertiary/aromatic N) is 1. The topological polar surface area (TPSA) is 72.9 Å². The van der Waals surface area contributed by atoms with Gasteiger partial charge in [-0.2, -0.15) is 4.31 Å². The van der Waals surface area contributed by atoms with Crippen molar-refractivity contribution in [3.05, 3.63) is 0 Å². The highest BCUT2D eigenvalue weighted by Crippen LogP contribution is 2.43. The van der Waals surface area contributed by atoms with Crippen molar-refractivity contribution in [2.75, 3.05) is 7.11 Å². The summed E-state index contributed by atoms with van der Waals surface area (Å²) in [6, 6.07) is 0. The molecular weight excluding hydrogens is 234 g/mol. The van der Waals surface area contributed by atoms with Crippen molar-refractivity contribution >= 4 is 17.0 Å². The fourth-order valence-electron chi connectivity index (χ4n) is 1.30. The molecule has 0 aromatic heterocycles. The molecule has 6 nitrogen and oxygen atoms in total. The largest absolute Gasteiger partial charge is 0.443 e. The van der Waals surface area contributed by atoms with Gasteiger partial charge in [0.25, 0.3) is 0 Å². The summed E-state index contributed by atoms with van der Waals surface area (Å²) < 4.78 is 32.8. The molecule has 0 unspecified atom stereocenters. The van der Waals surface area contributed by atoms with Crippen LogP contribution in [0.25, 0.3) is 0 Å². The standard InChI is InChI=1S/C9H17NO5S/c1-8(2,3)15-7(11)10(16(12)13)9(14-4)5-6-9/h16H,5-6H2,1-4H3. The van der Waals surface area contributed by atoms with Gasteiger partial charge in [-0.05, 0) is 20.8 Å². The fourth-order valence-corrected chi connectivity index (χ4v) is 2.05. The Balaban J connectivity index is 2.84. The lowest BCUT2D eigenvalue weighted by atomic mass is 10.2. The molecule has 1 aliphatic rings. The first-order chi connectivity index (χ1) is 7.22. The molecule has 0 bridgehead atoms. The highest BCUT2D eigenvalue weighted by molar-refractivity contribution is 7.70. The maximum Gasteiger partial charge on any atom is 0.426 e. The van der Waals surface area contributed by atoms with Crippen LogP contribution in [-0.4, -0.2) is 37.3 Å². The molecule has 0 aromatic carbocycles. The number of hydrogen-bond acceptors (Lipinski definition) is 5. The molecule has 16 heavy (non-hydrogen) atoms. The van der Waals surface area contributed by atoms with Gasteiger partial charge in [-0.15, -0.1) is 0 Å². The van der Waals surface area contributed by atoms with Crippen LogP contribution in [0, 0.1) is 0 Å². The first-order valence-corrected chi connectivity index (χ1v) is 6.07. The summed E-state index contributed by atoms with van der Waals surface area (Å²) in [7, 11) is -1.68. The smallest absolute Gasteiger partial charge is 0.426 e. The van der Waals surface area contributed by atoms with Gasteiger partial charge in [-0.1, -0.05) is 0 Å². The number of methoxy groups -OCH3 is 1. The van der Waals surface area contributed by atoms with Gasteiger partial charge in [0, 0.05) is 20.0 Å². The SMILES string of the molecule is COC1(N(C(=O)OC(C)(C)C)[SH](=O)=O)CC1. The number of hydrogen-bond donors (Lipinski definition) is 1. The van der Waals surface area contributed by atoms with Crippen molar-refractivity contribution in [1.82, 2.24) is 4.31 Å². The zero-order chi connectivity index (χ0) is 12.6. The molecule has 94 valence electrons. The Morgan fingerprint density at radius 3 is 2.06 bits per heavy atom. The second-order valence-electron chi connectivity index (χ2n) is 4.68. The van der Waals surface area contributed by atoms with Crippen LogP contribution in [0.1, 0.15) is 33.6 Å². The van der Waals surface area contributed by atoms with E-state index >= 15 is 0 Å². The second kappa shape index (κ2) is 4.21. The normalized spacial score (nSPS) is 18.3. The van der Waals surface area contributed by atoms with E-state index in [4.69, 9.17) is 9.47 Å². The Hall–Kier alpha value is -0.820. The maximum absolute atomic E-state index is 11.7. The van der Waals surface area contributed by atoms with E-state index in [1.54, 1.807) is 20.8 Å². The lowest BCUT2D eigenvalue weighted by molar-refractivity contribution is -0.0288. The molecule has 1 rings (SSSR count). The number of amides is 1. The molecule has 1 aliphatic carbocycles. The Morgan fingerprint density at radius 1 is 1.31 bits per heavy atom. The fraction of sp³-hybridized carbons (Fsp3) is 0.889. The monoisotopic (exact) mass is 251 g/mol. The van der Waals surface area contributed by atoms with E-state index < -0.39 is 28.3 Å². The molecule has 0 saturated heterocycles. The minimum atomic E-state index is -3.05. The molecule has 0 spiro atoms. The average molecular weight is 251 g/mol. The number of rotatable bonds is 3. The highest BCUT2D eigenvalue weighted by atomic mass is 32.2. The first kappa shape index (κ1) is 13.2. The predicted octanol–water partition coefficient (Wildman–Crippen LogP) is 0.886. The predicted molar refractivity (Wildman–Crippen MR) is 57.4 cm³/mol.